The smallest absolute Gasteiger partial charge is 0.254 e. The normalized spacial score (nSPS) is 21.6. The van der Waals surface area contributed by atoms with Crippen molar-refractivity contribution in [2.45, 2.75) is 51.0 Å². The molecule has 1 aromatic carbocycles. The quantitative estimate of drug-likeness (QED) is 0.892. The van der Waals surface area contributed by atoms with Crippen molar-refractivity contribution in [2.75, 3.05) is 13.1 Å². The molecule has 1 amide bonds. The molecule has 132 valence electrons. The Morgan fingerprint density at radius 1 is 1.32 bits per heavy atom. The summed E-state index contributed by atoms with van der Waals surface area (Å²) in [5.41, 5.74) is 4.49. The second-order valence-electron chi connectivity index (χ2n) is 7.36. The van der Waals surface area contributed by atoms with Crippen LogP contribution in [0, 0.1) is 6.92 Å². The van der Waals surface area contributed by atoms with Crippen LogP contribution in [0.1, 0.15) is 51.7 Å². The van der Waals surface area contributed by atoms with Crippen LogP contribution < -0.4 is 0 Å². The summed E-state index contributed by atoms with van der Waals surface area (Å²) in [6.45, 7) is 5.66. The van der Waals surface area contributed by atoms with Crippen molar-refractivity contribution in [1.82, 2.24) is 4.90 Å². The van der Waals surface area contributed by atoms with E-state index in [4.69, 9.17) is 0 Å². The Bertz CT molecular complexity index is 802. The summed E-state index contributed by atoms with van der Waals surface area (Å²) in [6.07, 6.45) is 3.02. The van der Waals surface area contributed by atoms with Crippen molar-refractivity contribution in [3.63, 3.8) is 0 Å². The highest BCUT2D eigenvalue weighted by Crippen LogP contribution is 2.46. The lowest BCUT2D eigenvalue weighted by atomic mass is 9.72. The fourth-order valence-corrected chi connectivity index (χ4v) is 5.68. The number of nitrogens with zero attached hydrogens (tertiary/aromatic N) is 1. The van der Waals surface area contributed by atoms with Crippen LogP contribution in [0.2, 0.25) is 0 Å². The molecule has 2 aliphatic rings. The number of likely N-dealkylation sites (tertiary alicyclic amines) is 1. The highest BCUT2D eigenvalue weighted by Gasteiger charge is 2.48. The van der Waals surface area contributed by atoms with E-state index in [-0.39, 0.29) is 17.4 Å². The van der Waals surface area contributed by atoms with Crippen molar-refractivity contribution in [2.24, 2.45) is 0 Å². The van der Waals surface area contributed by atoms with Gasteiger partial charge in [-0.1, -0.05) is 31.2 Å². The molecule has 0 radical (unpaired) electrons. The van der Waals surface area contributed by atoms with Gasteiger partial charge in [0.1, 0.15) is 0 Å². The van der Waals surface area contributed by atoms with Gasteiger partial charge in [-0.05, 0) is 49.3 Å². The number of amides is 1. The van der Waals surface area contributed by atoms with Crippen molar-refractivity contribution >= 4 is 17.2 Å². The third kappa shape index (κ3) is 2.54. The summed E-state index contributed by atoms with van der Waals surface area (Å²) in [4.78, 5) is 16.2. The van der Waals surface area contributed by atoms with Crippen molar-refractivity contribution in [1.29, 1.82) is 0 Å². The Labute approximate surface area is 153 Å². The number of aliphatic hydroxyl groups excluding tert-OH is 1. The number of carbonyl (C=O) groups is 1. The van der Waals surface area contributed by atoms with Gasteiger partial charge < -0.3 is 10.0 Å². The monoisotopic (exact) mass is 355 g/mol. The molecular formula is C21H25NO2S. The maximum absolute atomic E-state index is 13.0. The summed E-state index contributed by atoms with van der Waals surface area (Å²) in [7, 11) is 0. The molecule has 0 saturated carbocycles. The largest absolute Gasteiger partial charge is 0.392 e. The maximum Gasteiger partial charge on any atom is 0.254 e. The lowest BCUT2D eigenvalue weighted by molar-refractivity contribution is 0.0365. The molecule has 2 heterocycles. The first-order chi connectivity index (χ1) is 12.1. The van der Waals surface area contributed by atoms with E-state index in [1.807, 2.05) is 10.3 Å². The minimum Gasteiger partial charge on any atom is -0.392 e. The predicted octanol–water partition coefficient (Wildman–Crippen LogP) is 3.71. The fourth-order valence-electron chi connectivity index (χ4n) is 4.75. The van der Waals surface area contributed by atoms with Gasteiger partial charge in [0, 0.05) is 28.8 Å². The molecule has 1 saturated heterocycles. The maximum atomic E-state index is 13.0. The molecule has 0 bridgehead atoms. The fraction of sp³-hybridized carbons (Fsp3) is 0.476. The van der Waals surface area contributed by atoms with Crippen LogP contribution >= 0.6 is 11.3 Å². The highest BCUT2D eigenvalue weighted by molar-refractivity contribution is 7.10. The van der Waals surface area contributed by atoms with Crippen LogP contribution in [0.5, 0.6) is 0 Å². The Kier molecular flexibility index (Phi) is 4.20. The van der Waals surface area contributed by atoms with Gasteiger partial charge in [0.25, 0.3) is 5.91 Å². The Morgan fingerprint density at radius 3 is 2.76 bits per heavy atom. The molecule has 0 unspecified atom stereocenters. The molecule has 1 aliphatic carbocycles. The van der Waals surface area contributed by atoms with Crippen LogP contribution in [0.25, 0.3) is 0 Å². The Balaban J connectivity index is 1.55. The molecule has 1 atom stereocenters. The van der Waals surface area contributed by atoms with Crippen molar-refractivity contribution < 1.29 is 9.90 Å². The van der Waals surface area contributed by atoms with E-state index in [0.717, 1.165) is 44.3 Å². The molecule has 4 heteroatoms. The minimum absolute atomic E-state index is 0.161. The molecule has 1 aromatic heterocycles. The second kappa shape index (κ2) is 6.26. The number of hydrogen-bond donors (Lipinski definition) is 1. The van der Waals surface area contributed by atoms with Gasteiger partial charge in [-0.3, -0.25) is 4.79 Å². The van der Waals surface area contributed by atoms with Crippen LogP contribution in [0.4, 0.5) is 0 Å². The Hall–Kier alpha value is -1.65. The van der Waals surface area contributed by atoms with E-state index >= 15 is 0 Å². The molecule has 1 spiro atoms. The van der Waals surface area contributed by atoms with Gasteiger partial charge >= 0.3 is 0 Å². The average Bonchev–Trinajstić information content (AvgIpc) is 3.13. The molecule has 4 rings (SSSR count). The number of piperidine rings is 1. The van der Waals surface area contributed by atoms with Crippen LogP contribution in [-0.4, -0.2) is 35.1 Å². The van der Waals surface area contributed by atoms with Gasteiger partial charge in [0.15, 0.2) is 0 Å². The van der Waals surface area contributed by atoms with Gasteiger partial charge in [-0.25, -0.2) is 0 Å². The second-order valence-corrected chi connectivity index (χ2v) is 8.45. The SMILES string of the molecule is CCc1c(C(=O)N2CCC3(CC2)c2ccccc2C[C@@H]3O)csc1C. The summed E-state index contributed by atoms with van der Waals surface area (Å²) in [6, 6.07) is 8.42. The summed E-state index contributed by atoms with van der Waals surface area (Å²) >= 11 is 1.67. The third-order valence-electron chi connectivity index (χ3n) is 6.24. The van der Waals surface area contributed by atoms with Gasteiger partial charge in [0.05, 0.1) is 11.7 Å². The van der Waals surface area contributed by atoms with Gasteiger partial charge in [-0.15, -0.1) is 11.3 Å². The summed E-state index contributed by atoms with van der Waals surface area (Å²) < 4.78 is 0. The Morgan fingerprint density at radius 2 is 2.04 bits per heavy atom. The van der Waals surface area contributed by atoms with Crippen LogP contribution in [0.15, 0.2) is 29.6 Å². The molecule has 1 N–H and O–H groups in total. The van der Waals surface area contributed by atoms with Crippen LogP contribution in [-0.2, 0) is 18.3 Å². The topological polar surface area (TPSA) is 40.5 Å². The predicted molar refractivity (Wildman–Crippen MR) is 101 cm³/mol. The molecular weight excluding hydrogens is 330 g/mol. The minimum atomic E-state index is -0.322. The van der Waals surface area contributed by atoms with E-state index < -0.39 is 0 Å². The van der Waals surface area contributed by atoms with E-state index in [1.165, 1.54) is 21.6 Å². The third-order valence-corrected chi connectivity index (χ3v) is 7.19. The van der Waals surface area contributed by atoms with Crippen LogP contribution in [0.3, 0.4) is 0 Å². The van der Waals surface area contributed by atoms with E-state index in [9.17, 15) is 9.90 Å². The molecule has 3 nitrogen and oxygen atoms in total. The average molecular weight is 356 g/mol. The molecule has 25 heavy (non-hydrogen) atoms. The lowest BCUT2D eigenvalue weighted by Gasteiger charge is -2.42. The first kappa shape index (κ1) is 16.8. The van der Waals surface area contributed by atoms with Crippen molar-refractivity contribution in [3.05, 3.63) is 56.8 Å². The number of hydrogen-bond acceptors (Lipinski definition) is 3. The number of carbonyl (C=O) groups excluding carboxylic acids is 1. The number of thiophene rings is 1. The summed E-state index contributed by atoms with van der Waals surface area (Å²) in [5, 5.41) is 12.8. The molecule has 2 aromatic rings. The van der Waals surface area contributed by atoms with E-state index in [0.29, 0.717) is 0 Å². The number of fused-ring (bicyclic) bond motifs is 2. The molecule has 1 fully saturated rings. The standard InChI is InChI=1S/C21H25NO2S/c1-3-16-14(2)25-13-17(16)20(24)22-10-8-21(9-11-22)18-7-5-4-6-15(18)12-19(21)23/h4-7,13,19,23H,3,8-12H2,1-2H3/t19-/m0/s1. The first-order valence-electron chi connectivity index (χ1n) is 9.19. The van der Waals surface area contributed by atoms with Gasteiger partial charge in [0.2, 0.25) is 0 Å². The summed E-state index contributed by atoms with van der Waals surface area (Å²) in [5.74, 6) is 0.164. The number of benzene rings is 1. The van der Waals surface area contributed by atoms with E-state index in [2.05, 4.69) is 38.1 Å². The zero-order valence-electron chi connectivity index (χ0n) is 14.9. The molecule has 1 aliphatic heterocycles. The number of rotatable bonds is 2. The first-order valence-corrected chi connectivity index (χ1v) is 10.1. The van der Waals surface area contributed by atoms with E-state index in [1.54, 1.807) is 11.3 Å². The van der Waals surface area contributed by atoms with Crippen molar-refractivity contribution in [3.8, 4) is 0 Å². The highest BCUT2D eigenvalue weighted by atomic mass is 32.1. The van der Waals surface area contributed by atoms with Gasteiger partial charge in [-0.2, -0.15) is 0 Å². The zero-order chi connectivity index (χ0) is 17.6. The lowest BCUT2D eigenvalue weighted by Crippen LogP contribution is -2.49. The number of aliphatic hydroxyl groups is 1. The zero-order valence-corrected chi connectivity index (χ0v) is 15.7. The number of aryl methyl sites for hydroxylation is 1.